The van der Waals surface area contributed by atoms with E-state index in [2.05, 4.69) is 20.4 Å². The molecule has 0 amide bonds. The van der Waals surface area contributed by atoms with Gasteiger partial charge < -0.3 is 10.1 Å². The lowest BCUT2D eigenvalue weighted by atomic mass is 9.99. The molecule has 2 atom stereocenters. The molecule has 10 nitrogen and oxygen atoms in total. The lowest BCUT2D eigenvalue weighted by Crippen LogP contribution is -2.26. The van der Waals surface area contributed by atoms with Gasteiger partial charge in [0, 0.05) is 25.3 Å². The number of sulfonamides is 1. The summed E-state index contributed by atoms with van der Waals surface area (Å²) in [5.41, 5.74) is 2.91. The highest BCUT2D eigenvalue weighted by Crippen LogP contribution is 2.38. The van der Waals surface area contributed by atoms with E-state index in [-0.39, 0.29) is 22.2 Å². The minimum atomic E-state index is -3.65. The maximum absolute atomic E-state index is 14.1. The Balaban J connectivity index is 1.64. The van der Waals surface area contributed by atoms with Crippen LogP contribution in [0.5, 0.6) is 0 Å². The van der Waals surface area contributed by atoms with Crippen LogP contribution < -0.4 is 9.62 Å². The van der Waals surface area contributed by atoms with Crippen molar-refractivity contribution in [3.05, 3.63) is 40.8 Å². The summed E-state index contributed by atoms with van der Waals surface area (Å²) in [5.74, 6) is -0.435. The van der Waals surface area contributed by atoms with E-state index in [9.17, 15) is 17.2 Å². The van der Waals surface area contributed by atoms with E-state index in [1.807, 2.05) is 26.3 Å². The van der Waals surface area contributed by atoms with Crippen LogP contribution in [-0.2, 0) is 14.8 Å². The molecular formula is C25H29ClF2N7O3S+. The average Bonchev–Trinajstić information content (AvgIpc) is 3.43. The smallest absolute Gasteiger partial charge is 0.295 e. The molecule has 2 aromatic heterocycles. The second-order valence-electron chi connectivity index (χ2n) is 9.71. The predicted molar refractivity (Wildman–Crippen MR) is 147 cm³/mol. The molecule has 4 heterocycles. The summed E-state index contributed by atoms with van der Waals surface area (Å²) < 4.78 is 63.3. The largest absolute Gasteiger partial charge is 0.358 e. The number of rotatable bonds is 7. The number of hydrogen-bond donors (Lipinski definition) is 1. The molecule has 3 aromatic rings. The second-order valence-corrected chi connectivity index (χ2v) is 12.1. The van der Waals surface area contributed by atoms with Crippen LogP contribution >= 0.6 is 11.6 Å². The summed E-state index contributed by atoms with van der Waals surface area (Å²) in [6.07, 6.45) is 1.76. The second kappa shape index (κ2) is 10.4. The Labute approximate surface area is 230 Å². The van der Waals surface area contributed by atoms with Crippen molar-refractivity contribution in [2.24, 2.45) is 11.0 Å². The van der Waals surface area contributed by atoms with Gasteiger partial charge in [0.2, 0.25) is 10.0 Å². The van der Waals surface area contributed by atoms with Crippen molar-refractivity contribution < 1.29 is 26.6 Å². The van der Waals surface area contributed by atoms with Crippen LogP contribution in [0.4, 0.5) is 25.8 Å². The fourth-order valence-electron chi connectivity index (χ4n) is 4.90. The van der Waals surface area contributed by atoms with E-state index >= 15 is 0 Å². The van der Waals surface area contributed by atoms with Crippen LogP contribution in [-0.4, -0.2) is 66.5 Å². The van der Waals surface area contributed by atoms with Crippen LogP contribution in [0.3, 0.4) is 0 Å². The molecule has 39 heavy (non-hydrogen) atoms. The zero-order chi connectivity index (χ0) is 28.1. The molecule has 14 heteroatoms. The Kier molecular flexibility index (Phi) is 7.33. The molecule has 0 radical (unpaired) electrons. The van der Waals surface area contributed by atoms with Gasteiger partial charge in [-0.25, -0.2) is 27.2 Å². The van der Waals surface area contributed by atoms with E-state index in [1.54, 1.807) is 16.8 Å². The van der Waals surface area contributed by atoms with E-state index < -0.39 is 28.5 Å². The minimum Gasteiger partial charge on any atom is -0.358 e. The van der Waals surface area contributed by atoms with Gasteiger partial charge in [-0.15, -0.1) is 0 Å². The summed E-state index contributed by atoms with van der Waals surface area (Å²) in [6.45, 7) is 2.45. The van der Waals surface area contributed by atoms with Gasteiger partial charge >= 0.3 is 0 Å². The average molecular weight is 581 g/mol. The topological polar surface area (TPSA) is 105 Å². The van der Waals surface area contributed by atoms with E-state index in [0.717, 1.165) is 34.7 Å². The third-order valence-corrected chi connectivity index (χ3v) is 8.20. The van der Waals surface area contributed by atoms with Crippen LogP contribution in [0.1, 0.15) is 50.2 Å². The Bertz CT molecular complexity index is 1600. The Hall–Kier alpha value is -3.16. The summed E-state index contributed by atoms with van der Waals surface area (Å²) in [7, 11) is -0.386. The number of halogens is 3. The van der Waals surface area contributed by atoms with Crippen molar-refractivity contribution in [3.63, 3.8) is 0 Å². The van der Waals surface area contributed by atoms with Crippen molar-refractivity contribution in [2.75, 3.05) is 36.6 Å². The number of ether oxygens (including phenoxy) is 1. The van der Waals surface area contributed by atoms with E-state index in [0.29, 0.717) is 30.1 Å². The number of alkyl halides is 2. The SMILES string of the molecule is CC1C=[N+](C)N=C1c1ccc(Nc2cc(Cl)nc3c2nc(C(F)F)n3C2CCCCO2)c(N(C)S(C)(=O)=O)c1. The Morgan fingerprint density at radius 2 is 2.00 bits per heavy atom. The van der Waals surface area contributed by atoms with Crippen molar-refractivity contribution >= 4 is 61.8 Å². The first-order chi connectivity index (χ1) is 18.4. The fourth-order valence-corrected chi connectivity index (χ4v) is 5.60. The van der Waals surface area contributed by atoms with Gasteiger partial charge in [0.05, 0.1) is 29.2 Å². The lowest BCUT2D eigenvalue weighted by molar-refractivity contribution is -0.495. The molecule has 2 aliphatic heterocycles. The molecule has 2 aliphatic rings. The molecule has 1 saturated heterocycles. The zero-order valence-corrected chi connectivity index (χ0v) is 23.5. The number of hydrazone groups is 1. The first-order valence-electron chi connectivity index (χ1n) is 12.4. The van der Waals surface area contributed by atoms with Gasteiger partial charge in [-0.05, 0) is 43.4 Å². The summed E-state index contributed by atoms with van der Waals surface area (Å²) in [6, 6.07) is 6.74. The van der Waals surface area contributed by atoms with Crippen LogP contribution in [0.25, 0.3) is 11.2 Å². The van der Waals surface area contributed by atoms with Gasteiger partial charge in [0.25, 0.3) is 6.43 Å². The van der Waals surface area contributed by atoms with Gasteiger partial charge in [-0.2, -0.15) is 0 Å². The maximum Gasteiger partial charge on any atom is 0.295 e. The molecule has 0 saturated carbocycles. The lowest BCUT2D eigenvalue weighted by Gasteiger charge is -2.25. The molecule has 1 aromatic carbocycles. The fraction of sp³-hybridized carbons (Fsp3) is 0.440. The van der Waals surface area contributed by atoms with Gasteiger partial charge in [0.1, 0.15) is 22.6 Å². The Morgan fingerprint density at radius 1 is 1.23 bits per heavy atom. The summed E-state index contributed by atoms with van der Waals surface area (Å²) in [5, 5.41) is 7.77. The molecule has 0 bridgehead atoms. The normalized spacial score (nSPS) is 19.9. The number of benzene rings is 1. The van der Waals surface area contributed by atoms with Crippen LogP contribution in [0, 0.1) is 5.92 Å². The third-order valence-electron chi connectivity index (χ3n) is 6.82. The molecule has 5 rings (SSSR count). The molecule has 1 fully saturated rings. The van der Waals surface area contributed by atoms with Crippen molar-refractivity contribution in [3.8, 4) is 0 Å². The quantitative estimate of drug-likeness (QED) is 0.314. The van der Waals surface area contributed by atoms with Crippen molar-refractivity contribution in [1.82, 2.24) is 14.5 Å². The minimum absolute atomic E-state index is 0.0302. The number of nitrogens with zero attached hydrogens (tertiary/aromatic N) is 6. The van der Waals surface area contributed by atoms with E-state index in [1.165, 1.54) is 17.7 Å². The Morgan fingerprint density at radius 3 is 2.62 bits per heavy atom. The number of fused-ring (bicyclic) bond motifs is 1. The van der Waals surface area contributed by atoms with Crippen molar-refractivity contribution in [2.45, 2.75) is 38.8 Å². The number of pyridine rings is 1. The van der Waals surface area contributed by atoms with Gasteiger partial charge in [0.15, 0.2) is 24.7 Å². The predicted octanol–water partition coefficient (Wildman–Crippen LogP) is 4.93. The standard InChI is InChI=1S/C25H29ClF2N7O3S/c1-14-13-33(2)32-21(14)15-8-9-16(18(11-15)34(3)39(4,36)37)29-17-12-19(26)30-24-22(17)31-25(23(27)28)35(24)20-7-5-6-10-38-20/h8-9,11-14,20,23H,5-7,10H2,1-4H3,(H,29,30)/q+1. The summed E-state index contributed by atoms with van der Waals surface area (Å²) in [4.78, 5) is 8.55. The zero-order valence-electron chi connectivity index (χ0n) is 21.9. The highest BCUT2D eigenvalue weighted by molar-refractivity contribution is 7.92. The first kappa shape index (κ1) is 27.4. The first-order valence-corrected chi connectivity index (χ1v) is 14.7. The number of imidazole rings is 1. The highest BCUT2D eigenvalue weighted by Gasteiger charge is 2.30. The number of aromatic nitrogens is 3. The molecule has 0 aliphatic carbocycles. The molecule has 0 spiro atoms. The molecular weight excluding hydrogens is 552 g/mol. The van der Waals surface area contributed by atoms with Crippen LogP contribution in [0.15, 0.2) is 29.4 Å². The van der Waals surface area contributed by atoms with Crippen molar-refractivity contribution in [1.29, 1.82) is 0 Å². The maximum atomic E-state index is 14.1. The third kappa shape index (κ3) is 5.35. The molecule has 1 N–H and O–H groups in total. The van der Waals surface area contributed by atoms with Gasteiger partial charge in [-0.1, -0.05) is 22.4 Å². The highest BCUT2D eigenvalue weighted by atomic mass is 35.5. The number of nitrogens with one attached hydrogen (secondary N) is 1. The number of anilines is 3. The van der Waals surface area contributed by atoms with Gasteiger partial charge in [-0.3, -0.25) is 8.87 Å². The summed E-state index contributed by atoms with van der Waals surface area (Å²) >= 11 is 6.36. The monoisotopic (exact) mass is 580 g/mol. The molecule has 208 valence electrons. The molecule has 2 unspecified atom stereocenters. The van der Waals surface area contributed by atoms with E-state index in [4.69, 9.17) is 16.3 Å². The number of hydrogen-bond acceptors (Lipinski definition) is 7. The van der Waals surface area contributed by atoms with Crippen LogP contribution in [0.2, 0.25) is 5.15 Å².